The van der Waals surface area contributed by atoms with Crippen LogP contribution in [0.4, 0.5) is 0 Å². The average molecular weight is 318 g/mol. The van der Waals surface area contributed by atoms with Gasteiger partial charge in [0.05, 0.1) is 6.04 Å². The molecule has 2 aliphatic rings. The van der Waals surface area contributed by atoms with Crippen LogP contribution in [0.3, 0.4) is 0 Å². The summed E-state index contributed by atoms with van der Waals surface area (Å²) in [5.41, 5.74) is 1.03. The molecule has 0 bridgehead atoms. The lowest BCUT2D eigenvalue weighted by atomic mass is 9.85. The molecule has 1 saturated carbocycles. The van der Waals surface area contributed by atoms with E-state index in [1.165, 1.54) is 25.7 Å². The van der Waals surface area contributed by atoms with Crippen LogP contribution in [0.2, 0.25) is 5.02 Å². The Morgan fingerprint density at radius 2 is 2.09 bits per heavy atom. The molecule has 2 fully saturated rings. The summed E-state index contributed by atoms with van der Waals surface area (Å²) >= 11 is 6.19. The topological polar surface area (TPSA) is 51.0 Å². The minimum absolute atomic E-state index is 0.223. The Balaban J connectivity index is 1.47. The standard InChI is InChI=1S/C17H20ClN3O/c18-13-7-3-1-5-11(13)10-16-20-17(22-21-16)15-9-12-6-2-4-8-14(12)19-15/h1,3,5,7,12,14-15,19H,2,4,6,8-10H2. The van der Waals surface area contributed by atoms with E-state index in [-0.39, 0.29) is 6.04 Å². The van der Waals surface area contributed by atoms with Crippen LogP contribution in [0.5, 0.6) is 0 Å². The lowest BCUT2D eigenvalue weighted by Gasteiger charge is -2.24. The summed E-state index contributed by atoms with van der Waals surface area (Å²) < 4.78 is 5.50. The van der Waals surface area contributed by atoms with Crippen molar-refractivity contribution in [2.75, 3.05) is 0 Å². The quantitative estimate of drug-likeness (QED) is 0.932. The highest BCUT2D eigenvalue weighted by atomic mass is 35.5. The first kappa shape index (κ1) is 14.2. The zero-order valence-corrected chi connectivity index (χ0v) is 13.2. The number of benzene rings is 1. The van der Waals surface area contributed by atoms with E-state index >= 15 is 0 Å². The monoisotopic (exact) mass is 317 g/mol. The van der Waals surface area contributed by atoms with Gasteiger partial charge >= 0.3 is 0 Å². The van der Waals surface area contributed by atoms with Crippen molar-refractivity contribution in [2.24, 2.45) is 5.92 Å². The summed E-state index contributed by atoms with van der Waals surface area (Å²) in [5, 5.41) is 8.55. The first-order valence-corrected chi connectivity index (χ1v) is 8.49. The molecule has 1 aliphatic heterocycles. The third-order valence-electron chi connectivity index (χ3n) is 4.95. The van der Waals surface area contributed by atoms with Gasteiger partial charge in [-0.1, -0.05) is 47.8 Å². The SMILES string of the molecule is Clc1ccccc1Cc1noc(C2CC3CCCCC3N2)n1. The van der Waals surface area contributed by atoms with Gasteiger partial charge in [0, 0.05) is 17.5 Å². The van der Waals surface area contributed by atoms with Gasteiger partial charge in [-0.15, -0.1) is 0 Å². The zero-order valence-electron chi connectivity index (χ0n) is 12.5. The van der Waals surface area contributed by atoms with Gasteiger partial charge in [-0.05, 0) is 36.8 Å². The van der Waals surface area contributed by atoms with Crippen LogP contribution in [0.25, 0.3) is 0 Å². The molecule has 0 amide bonds. The summed E-state index contributed by atoms with van der Waals surface area (Å²) in [6.45, 7) is 0. The maximum atomic E-state index is 6.19. The third kappa shape index (κ3) is 2.77. The molecule has 1 aromatic carbocycles. The maximum Gasteiger partial charge on any atom is 0.243 e. The lowest BCUT2D eigenvalue weighted by Crippen LogP contribution is -2.30. The smallest absolute Gasteiger partial charge is 0.243 e. The van der Waals surface area contributed by atoms with Crippen molar-refractivity contribution in [1.82, 2.24) is 15.5 Å². The van der Waals surface area contributed by atoms with Crippen LogP contribution in [-0.4, -0.2) is 16.2 Å². The molecule has 4 rings (SSSR count). The van der Waals surface area contributed by atoms with Crippen molar-refractivity contribution in [3.05, 3.63) is 46.6 Å². The summed E-state index contributed by atoms with van der Waals surface area (Å²) in [6, 6.07) is 8.66. The number of nitrogens with zero attached hydrogens (tertiary/aromatic N) is 2. The molecule has 0 radical (unpaired) electrons. The molecule has 2 aromatic rings. The fourth-order valence-electron chi connectivity index (χ4n) is 3.80. The highest BCUT2D eigenvalue weighted by Gasteiger charge is 2.38. The van der Waals surface area contributed by atoms with Crippen LogP contribution in [0, 0.1) is 5.92 Å². The molecular weight excluding hydrogens is 298 g/mol. The van der Waals surface area contributed by atoms with Crippen molar-refractivity contribution in [3.8, 4) is 0 Å². The highest BCUT2D eigenvalue weighted by molar-refractivity contribution is 6.31. The second-order valence-electron chi connectivity index (χ2n) is 6.42. The van der Waals surface area contributed by atoms with Crippen molar-refractivity contribution >= 4 is 11.6 Å². The molecule has 4 nitrogen and oxygen atoms in total. The molecule has 1 aromatic heterocycles. The molecule has 1 aliphatic carbocycles. The van der Waals surface area contributed by atoms with Crippen LogP contribution in [0.1, 0.15) is 55.4 Å². The van der Waals surface area contributed by atoms with E-state index in [0.29, 0.717) is 18.3 Å². The molecule has 116 valence electrons. The van der Waals surface area contributed by atoms with Gasteiger partial charge in [0.2, 0.25) is 5.89 Å². The summed E-state index contributed by atoms with van der Waals surface area (Å²) in [7, 11) is 0. The number of aromatic nitrogens is 2. The Bertz CT molecular complexity index is 643. The van der Waals surface area contributed by atoms with E-state index < -0.39 is 0 Å². The second-order valence-corrected chi connectivity index (χ2v) is 6.83. The molecule has 2 heterocycles. The minimum Gasteiger partial charge on any atom is -0.338 e. The number of hydrogen-bond acceptors (Lipinski definition) is 4. The molecule has 1 saturated heterocycles. The Labute approximate surface area is 135 Å². The summed E-state index contributed by atoms with van der Waals surface area (Å²) in [5.74, 6) is 2.22. The molecule has 3 atom stereocenters. The van der Waals surface area contributed by atoms with Crippen molar-refractivity contribution < 1.29 is 4.52 Å². The number of halogens is 1. The van der Waals surface area contributed by atoms with Gasteiger partial charge in [0.25, 0.3) is 0 Å². The number of fused-ring (bicyclic) bond motifs is 1. The van der Waals surface area contributed by atoms with Crippen LogP contribution < -0.4 is 5.32 Å². The second kappa shape index (κ2) is 6.01. The predicted molar refractivity (Wildman–Crippen MR) is 84.8 cm³/mol. The molecular formula is C17H20ClN3O. The molecule has 22 heavy (non-hydrogen) atoms. The largest absolute Gasteiger partial charge is 0.338 e. The average Bonchev–Trinajstić information content (AvgIpc) is 3.15. The van der Waals surface area contributed by atoms with Crippen LogP contribution >= 0.6 is 11.6 Å². The van der Waals surface area contributed by atoms with E-state index in [0.717, 1.165) is 28.8 Å². The van der Waals surface area contributed by atoms with E-state index in [9.17, 15) is 0 Å². The summed E-state index contributed by atoms with van der Waals surface area (Å²) in [6.07, 6.45) is 7.04. The molecule has 3 unspecified atom stereocenters. The normalized spacial score (nSPS) is 27.8. The highest BCUT2D eigenvalue weighted by Crippen LogP contribution is 2.38. The molecule has 0 spiro atoms. The van der Waals surface area contributed by atoms with Gasteiger partial charge in [-0.2, -0.15) is 4.98 Å². The van der Waals surface area contributed by atoms with Crippen molar-refractivity contribution in [3.63, 3.8) is 0 Å². The van der Waals surface area contributed by atoms with Gasteiger partial charge < -0.3 is 9.84 Å². The predicted octanol–water partition coefficient (Wildman–Crippen LogP) is 3.91. The fraction of sp³-hybridized carbons (Fsp3) is 0.529. The van der Waals surface area contributed by atoms with E-state index in [4.69, 9.17) is 16.1 Å². The van der Waals surface area contributed by atoms with E-state index in [1.54, 1.807) is 0 Å². The Morgan fingerprint density at radius 3 is 2.95 bits per heavy atom. The lowest BCUT2D eigenvalue weighted by molar-refractivity contribution is 0.324. The third-order valence-corrected chi connectivity index (χ3v) is 5.32. The number of rotatable bonds is 3. The number of hydrogen-bond donors (Lipinski definition) is 1. The number of nitrogens with one attached hydrogen (secondary N) is 1. The van der Waals surface area contributed by atoms with Crippen molar-refractivity contribution in [1.29, 1.82) is 0 Å². The fourth-order valence-corrected chi connectivity index (χ4v) is 4.01. The Hall–Kier alpha value is -1.39. The first-order valence-electron chi connectivity index (χ1n) is 8.11. The van der Waals surface area contributed by atoms with Gasteiger partial charge in [-0.25, -0.2) is 0 Å². The molecule has 1 N–H and O–H groups in total. The van der Waals surface area contributed by atoms with Gasteiger partial charge in [0.15, 0.2) is 5.82 Å². The maximum absolute atomic E-state index is 6.19. The molecule has 5 heteroatoms. The van der Waals surface area contributed by atoms with Crippen molar-refractivity contribution in [2.45, 2.75) is 50.6 Å². The van der Waals surface area contributed by atoms with Crippen LogP contribution in [-0.2, 0) is 6.42 Å². The van der Waals surface area contributed by atoms with E-state index in [1.807, 2.05) is 24.3 Å². The summed E-state index contributed by atoms with van der Waals surface area (Å²) in [4.78, 5) is 4.59. The van der Waals surface area contributed by atoms with Crippen LogP contribution in [0.15, 0.2) is 28.8 Å². The Morgan fingerprint density at radius 1 is 1.23 bits per heavy atom. The Kier molecular flexibility index (Phi) is 3.89. The van der Waals surface area contributed by atoms with Gasteiger partial charge in [0.1, 0.15) is 0 Å². The zero-order chi connectivity index (χ0) is 14.9. The van der Waals surface area contributed by atoms with E-state index in [2.05, 4.69) is 15.5 Å². The minimum atomic E-state index is 0.223. The first-order chi connectivity index (χ1) is 10.8. The van der Waals surface area contributed by atoms with Gasteiger partial charge in [-0.3, -0.25) is 0 Å².